The molecule has 2 atom stereocenters. The lowest BCUT2D eigenvalue weighted by Crippen LogP contribution is -2.20. The average Bonchev–Trinajstić information content (AvgIpc) is 2.17. The maximum absolute atomic E-state index is 9.47. The number of aliphatic hydroxyl groups is 2. The van der Waals surface area contributed by atoms with Crippen molar-refractivity contribution in [1.82, 2.24) is 9.97 Å². The van der Waals surface area contributed by atoms with Crippen LogP contribution in [-0.4, -0.2) is 32.2 Å². The number of aliphatic hydroxyl groups excluding tert-OH is 2. The topological polar surface area (TPSA) is 66.2 Å². The van der Waals surface area contributed by atoms with E-state index in [0.717, 1.165) is 0 Å². The Morgan fingerprint density at radius 2 is 1.92 bits per heavy atom. The van der Waals surface area contributed by atoms with E-state index in [1.165, 1.54) is 12.4 Å². The zero-order valence-electron chi connectivity index (χ0n) is 7.18. The van der Waals surface area contributed by atoms with Gasteiger partial charge in [0.25, 0.3) is 0 Å². The van der Waals surface area contributed by atoms with Crippen LogP contribution in [0.25, 0.3) is 0 Å². The largest absolute Gasteiger partial charge is 0.389 e. The fourth-order valence-electron chi connectivity index (χ4n) is 0.862. The lowest BCUT2D eigenvalue weighted by Gasteiger charge is -2.14. The van der Waals surface area contributed by atoms with Crippen molar-refractivity contribution in [1.29, 1.82) is 0 Å². The first-order valence-electron chi connectivity index (χ1n) is 3.85. The molecular formula is C8H11ClN2O2. The van der Waals surface area contributed by atoms with Gasteiger partial charge in [0, 0.05) is 18.0 Å². The second kappa shape index (κ2) is 4.50. The molecule has 1 aromatic heterocycles. The van der Waals surface area contributed by atoms with Gasteiger partial charge in [-0.25, -0.2) is 9.97 Å². The minimum atomic E-state index is -1.02. The minimum Gasteiger partial charge on any atom is -0.389 e. The second-order valence-electron chi connectivity index (χ2n) is 2.73. The van der Waals surface area contributed by atoms with Crippen LogP contribution in [0.3, 0.4) is 0 Å². The molecule has 0 aromatic carbocycles. The summed E-state index contributed by atoms with van der Waals surface area (Å²) in [7, 11) is 0. The van der Waals surface area contributed by atoms with Crippen molar-refractivity contribution < 1.29 is 10.2 Å². The molecule has 0 amide bonds. The average molecular weight is 203 g/mol. The molecule has 0 spiro atoms. The molecule has 0 aliphatic heterocycles. The van der Waals surface area contributed by atoms with Crippen LogP contribution in [0.5, 0.6) is 0 Å². The highest BCUT2D eigenvalue weighted by Gasteiger charge is 2.17. The summed E-state index contributed by atoms with van der Waals surface area (Å²) in [5, 5.41) is 18.7. The van der Waals surface area contributed by atoms with E-state index in [2.05, 4.69) is 9.97 Å². The number of aromatic nitrogens is 2. The Morgan fingerprint density at radius 1 is 1.38 bits per heavy atom. The first-order chi connectivity index (χ1) is 6.15. The molecule has 72 valence electrons. The van der Waals surface area contributed by atoms with Crippen molar-refractivity contribution in [2.24, 2.45) is 0 Å². The molecule has 13 heavy (non-hydrogen) atoms. The Balaban J connectivity index is 2.77. The first-order valence-corrected chi connectivity index (χ1v) is 4.39. The Bertz CT molecular complexity index is 265. The fourth-order valence-corrected chi connectivity index (χ4v) is 1.03. The number of hydrogen-bond acceptors (Lipinski definition) is 4. The molecule has 1 heterocycles. The van der Waals surface area contributed by atoms with Gasteiger partial charge in [-0.1, -0.05) is 0 Å². The smallest absolute Gasteiger partial charge is 0.125 e. The molecule has 2 unspecified atom stereocenters. The van der Waals surface area contributed by atoms with Crippen LogP contribution in [0.1, 0.15) is 17.5 Å². The Kier molecular flexibility index (Phi) is 3.59. The van der Waals surface area contributed by atoms with E-state index in [1.807, 2.05) is 0 Å². The van der Waals surface area contributed by atoms with E-state index in [-0.39, 0.29) is 5.88 Å². The summed E-state index contributed by atoms with van der Waals surface area (Å²) < 4.78 is 0. The second-order valence-corrected chi connectivity index (χ2v) is 3.04. The van der Waals surface area contributed by atoms with Gasteiger partial charge >= 0.3 is 0 Å². The highest BCUT2D eigenvalue weighted by molar-refractivity contribution is 6.18. The quantitative estimate of drug-likeness (QED) is 0.698. The van der Waals surface area contributed by atoms with Crippen LogP contribution in [0, 0.1) is 6.92 Å². The highest BCUT2D eigenvalue weighted by atomic mass is 35.5. The molecule has 0 aliphatic rings. The number of halogens is 1. The summed E-state index contributed by atoms with van der Waals surface area (Å²) in [4.78, 5) is 7.78. The molecular weight excluding hydrogens is 192 g/mol. The van der Waals surface area contributed by atoms with Crippen LogP contribution in [0.15, 0.2) is 12.4 Å². The van der Waals surface area contributed by atoms with Gasteiger partial charge in [-0.3, -0.25) is 0 Å². The Hall–Kier alpha value is -0.710. The van der Waals surface area contributed by atoms with E-state index in [4.69, 9.17) is 11.6 Å². The van der Waals surface area contributed by atoms with Gasteiger partial charge in [0.15, 0.2) is 0 Å². The fraction of sp³-hybridized carbons (Fsp3) is 0.500. The molecule has 0 saturated heterocycles. The van der Waals surface area contributed by atoms with Gasteiger partial charge in [0.05, 0.1) is 12.0 Å². The van der Waals surface area contributed by atoms with Crippen molar-refractivity contribution in [2.75, 3.05) is 5.88 Å². The monoisotopic (exact) mass is 202 g/mol. The SMILES string of the molecule is Cc1ncc(C(O)C(O)CCl)cn1. The molecule has 1 aromatic rings. The highest BCUT2D eigenvalue weighted by Crippen LogP contribution is 2.15. The molecule has 0 saturated carbocycles. The summed E-state index contributed by atoms with van der Waals surface area (Å²) in [5.74, 6) is 0.603. The minimum absolute atomic E-state index is 0.0188. The van der Waals surface area contributed by atoms with Crippen LogP contribution in [0.4, 0.5) is 0 Å². The zero-order valence-corrected chi connectivity index (χ0v) is 7.94. The number of alkyl halides is 1. The van der Waals surface area contributed by atoms with Gasteiger partial charge in [0.2, 0.25) is 0 Å². The maximum atomic E-state index is 9.47. The van der Waals surface area contributed by atoms with Crippen molar-refractivity contribution in [3.05, 3.63) is 23.8 Å². The molecule has 0 aliphatic carbocycles. The van der Waals surface area contributed by atoms with E-state index in [1.54, 1.807) is 6.92 Å². The van der Waals surface area contributed by atoms with Gasteiger partial charge in [0.1, 0.15) is 11.9 Å². The zero-order chi connectivity index (χ0) is 9.84. The first kappa shape index (κ1) is 10.4. The predicted octanol–water partition coefficient (Wildman–Crippen LogP) is 0.418. The van der Waals surface area contributed by atoms with Crippen molar-refractivity contribution in [3.63, 3.8) is 0 Å². The standard InChI is InChI=1S/C8H11ClN2O2/c1-5-10-3-6(4-11-5)8(13)7(12)2-9/h3-4,7-8,12-13H,2H2,1H3. The summed E-state index contributed by atoms with van der Waals surface area (Å²) >= 11 is 5.38. The predicted molar refractivity (Wildman–Crippen MR) is 48.5 cm³/mol. The van der Waals surface area contributed by atoms with Crippen LogP contribution in [0.2, 0.25) is 0 Å². The molecule has 0 bridgehead atoms. The lowest BCUT2D eigenvalue weighted by atomic mass is 10.1. The molecule has 5 heteroatoms. The third kappa shape index (κ3) is 2.62. The number of aryl methyl sites for hydroxylation is 1. The molecule has 2 N–H and O–H groups in total. The Labute approximate surface area is 81.2 Å². The van der Waals surface area contributed by atoms with Gasteiger partial charge in [-0.15, -0.1) is 11.6 Å². The molecule has 1 rings (SSSR count). The number of nitrogens with zero attached hydrogens (tertiary/aromatic N) is 2. The van der Waals surface area contributed by atoms with E-state index < -0.39 is 12.2 Å². The van der Waals surface area contributed by atoms with Gasteiger partial charge in [-0.05, 0) is 6.92 Å². The van der Waals surface area contributed by atoms with E-state index in [0.29, 0.717) is 11.4 Å². The van der Waals surface area contributed by atoms with Crippen LogP contribution < -0.4 is 0 Å². The molecule has 0 radical (unpaired) electrons. The summed E-state index contributed by atoms with van der Waals surface area (Å²) in [6.45, 7) is 1.74. The van der Waals surface area contributed by atoms with E-state index >= 15 is 0 Å². The van der Waals surface area contributed by atoms with Crippen LogP contribution in [-0.2, 0) is 0 Å². The van der Waals surface area contributed by atoms with Gasteiger partial charge in [-0.2, -0.15) is 0 Å². The van der Waals surface area contributed by atoms with Crippen LogP contribution >= 0.6 is 11.6 Å². The third-order valence-corrected chi connectivity index (χ3v) is 1.98. The van der Waals surface area contributed by atoms with Crippen molar-refractivity contribution >= 4 is 11.6 Å². The van der Waals surface area contributed by atoms with Crippen molar-refractivity contribution in [3.8, 4) is 0 Å². The lowest BCUT2D eigenvalue weighted by molar-refractivity contribution is 0.0322. The molecule has 0 fully saturated rings. The number of hydrogen-bond donors (Lipinski definition) is 2. The summed E-state index contributed by atoms with van der Waals surface area (Å²) in [6.07, 6.45) is 0.956. The summed E-state index contributed by atoms with van der Waals surface area (Å²) in [6, 6.07) is 0. The number of rotatable bonds is 3. The third-order valence-electron chi connectivity index (χ3n) is 1.66. The van der Waals surface area contributed by atoms with Crippen molar-refractivity contribution in [2.45, 2.75) is 19.1 Å². The maximum Gasteiger partial charge on any atom is 0.125 e. The normalized spacial score (nSPS) is 15.4. The van der Waals surface area contributed by atoms with Gasteiger partial charge < -0.3 is 10.2 Å². The Morgan fingerprint density at radius 3 is 2.38 bits per heavy atom. The summed E-state index contributed by atoms with van der Waals surface area (Å²) in [5.41, 5.74) is 0.471. The van der Waals surface area contributed by atoms with E-state index in [9.17, 15) is 10.2 Å². The molecule has 4 nitrogen and oxygen atoms in total.